The number of likely N-dealkylation sites (tertiary alicyclic amines) is 1. The largest absolute Gasteiger partial charge is 0.301 e. The Morgan fingerprint density at radius 3 is 2.65 bits per heavy atom. The standard InChI is InChI=1S/C14H20N4O3S2/c1-2-22-14-17-16-13(23-14)15-10(19)6-4-3-5-9-18-11(20)7-8-12(18)21/h2-9H2,1H3,(H,15,16,19). The van der Waals surface area contributed by atoms with Gasteiger partial charge in [-0.1, -0.05) is 36.4 Å². The molecule has 1 aliphatic rings. The van der Waals surface area contributed by atoms with Crippen LogP contribution in [-0.2, 0) is 14.4 Å². The number of nitrogens with one attached hydrogen (secondary N) is 1. The Morgan fingerprint density at radius 1 is 1.22 bits per heavy atom. The fourth-order valence-electron chi connectivity index (χ4n) is 2.23. The lowest BCUT2D eigenvalue weighted by atomic mass is 10.2. The van der Waals surface area contributed by atoms with E-state index in [9.17, 15) is 14.4 Å². The quantitative estimate of drug-likeness (QED) is 0.316. The first-order chi connectivity index (χ1) is 11.1. The van der Waals surface area contributed by atoms with Crippen LogP contribution in [0.4, 0.5) is 5.13 Å². The summed E-state index contributed by atoms with van der Waals surface area (Å²) in [7, 11) is 0. The third-order valence-electron chi connectivity index (χ3n) is 3.36. The highest BCUT2D eigenvalue weighted by atomic mass is 32.2. The molecule has 7 nitrogen and oxygen atoms in total. The SMILES string of the molecule is CCSc1nnc(NC(=O)CCCCCN2C(=O)CCC2=O)s1. The van der Waals surface area contributed by atoms with Crippen molar-refractivity contribution in [2.45, 2.75) is 49.8 Å². The zero-order chi connectivity index (χ0) is 16.7. The van der Waals surface area contributed by atoms with Gasteiger partial charge in [-0.2, -0.15) is 0 Å². The molecule has 0 aromatic carbocycles. The molecule has 1 saturated heterocycles. The highest BCUT2D eigenvalue weighted by Gasteiger charge is 2.27. The van der Waals surface area contributed by atoms with Crippen LogP contribution in [-0.4, -0.2) is 45.1 Å². The van der Waals surface area contributed by atoms with E-state index in [4.69, 9.17) is 0 Å². The van der Waals surface area contributed by atoms with Gasteiger partial charge in [0.15, 0.2) is 4.34 Å². The Bertz CT molecular complexity index is 560. The number of nitrogens with zero attached hydrogens (tertiary/aromatic N) is 3. The van der Waals surface area contributed by atoms with Gasteiger partial charge < -0.3 is 5.32 Å². The van der Waals surface area contributed by atoms with Gasteiger partial charge in [0.2, 0.25) is 22.9 Å². The summed E-state index contributed by atoms with van der Waals surface area (Å²) in [6.07, 6.45) is 3.33. The molecule has 1 aliphatic heterocycles. The topological polar surface area (TPSA) is 92.3 Å². The summed E-state index contributed by atoms with van der Waals surface area (Å²) in [4.78, 5) is 36.0. The van der Waals surface area contributed by atoms with Gasteiger partial charge >= 0.3 is 0 Å². The maximum Gasteiger partial charge on any atom is 0.229 e. The average Bonchev–Trinajstić information content (AvgIpc) is 3.08. The van der Waals surface area contributed by atoms with E-state index in [1.54, 1.807) is 11.8 Å². The van der Waals surface area contributed by atoms with Crippen LogP contribution < -0.4 is 5.32 Å². The van der Waals surface area contributed by atoms with E-state index in [2.05, 4.69) is 15.5 Å². The first kappa shape index (κ1) is 17.9. The number of aromatic nitrogens is 2. The normalized spacial score (nSPS) is 14.6. The van der Waals surface area contributed by atoms with Crippen molar-refractivity contribution in [2.75, 3.05) is 17.6 Å². The van der Waals surface area contributed by atoms with Gasteiger partial charge in [0.05, 0.1) is 0 Å². The molecule has 0 unspecified atom stereocenters. The second-order valence-corrected chi connectivity index (χ2v) is 7.59. The van der Waals surface area contributed by atoms with Gasteiger partial charge in [-0.05, 0) is 18.6 Å². The number of thioether (sulfide) groups is 1. The van der Waals surface area contributed by atoms with Gasteiger partial charge in [-0.15, -0.1) is 10.2 Å². The summed E-state index contributed by atoms with van der Waals surface area (Å²) in [5.74, 6) is 0.682. The number of anilines is 1. The number of amides is 3. The van der Waals surface area contributed by atoms with Crippen LogP contribution in [0.25, 0.3) is 0 Å². The Hall–Kier alpha value is -1.48. The molecule has 0 bridgehead atoms. The highest BCUT2D eigenvalue weighted by molar-refractivity contribution is 8.01. The number of carbonyl (C=O) groups is 3. The van der Waals surface area contributed by atoms with E-state index in [1.165, 1.54) is 16.2 Å². The van der Waals surface area contributed by atoms with Gasteiger partial charge in [-0.25, -0.2) is 0 Å². The maximum absolute atomic E-state index is 11.8. The minimum absolute atomic E-state index is 0.0789. The Labute approximate surface area is 143 Å². The van der Waals surface area contributed by atoms with E-state index in [0.717, 1.165) is 29.4 Å². The van der Waals surface area contributed by atoms with Crippen molar-refractivity contribution < 1.29 is 14.4 Å². The first-order valence-electron chi connectivity index (χ1n) is 7.69. The predicted octanol–water partition coefficient (Wildman–Crippen LogP) is 2.30. The number of carbonyl (C=O) groups excluding carboxylic acids is 3. The molecule has 1 fully saturated rings. The van der Waals surface area contributed by atoms with Crippen LogP contribution in [0.15, 0.2) is 4.34 Å². The molecular formula is C14H20N4O3S2. The zero-order valence-corrected chi connectivity index (χ0v) is 14.7. The monoisotopic (exact) mass is 356 g/mol. The third-order valence-corrected chi connectivity index (χ3v) is 5.22. The summed E-state index contributed by atoms with van der Waals surface area (Å²) in [5, 5.41) is 11.2. The van der Waals surface area contributed by atoms with E-state index >= 15 is 0 Å². The van der Waals surface area contributed by atoms with Crippen molar-refractivity contribution in [1.82, 2.24) is 15.1 Å². The molecule has 0 spiro atoms. The molecule has 2 heterocycles. The van der Waals surface area contributed by atoms with Crippen LogP contribution in [0.1, 0.15) is 45.4 Å². The zero-order valence-electron chi connectivity index (χ0n) is 13.0. The van der Waals surface area contributed by atoms with Crippen molar-refractivity contribution in [3.63, 3.8) is 0 Å². The Kier molecular flexibility index (Phi) is 6.97. The molecule has 1 aromatic heterocycles. The molecule has 1 aromatic rings. The predicted molar refractivity (Wildman–Crippen MR) is 89.4 cm³/mol. The summed E-state index contributed by atoms with van der Waals surface area (Å²) in [5.41, 5.74) is 0. The molecule has 23 heavy (non-hydrogen) atoms. The van der Waals surface area contributed by atoms with Crippen LogP contribution >= 0.6 is 23.1 Å². The molecule has 9 heteroatoms. The average molecular weight is 356 g/mol. The van der Waals surface area contributed by atoms with Crippen LogP contribution in [0, 0.1) is 0 Å². The molecule has 0 saturated carbocycles. The third kappa shape index (κ3) is 5.58. The molecule has 0 atom stereocenters. The van der Waals surface area contributed by atoms with Gasteiger partial charge in [0, 0.05) is 25.8 Å². The van der Waals surface area contributed by atoms with Crippen molar-refractivity contribution in [3.05, 3.63) is 0 Å². The molecule has 2 rings (SSSR count). The molecule has 126 valence electrons. The van der Waals surface area contributed by atoms with Gasteiger partial charge in [0.1, 0.15) is 0 Å². The number of rotatable bonds is 9. The van der Waals surface area contributed by atoms with Crippen LogP contribution in [0.5, 0.6) is 0 Å². The minimum atomic E-state index is -0.0810. The number of hydrogen-bond acceptors (Lipinski definition) is 7. The van der Waals surface area contributed by atoms with E-state index < -0.39 is 0 Å². The summed E-state index contributed by atoms with van der Waals surface area (Å²) in [6.45, 7) is 2.50. The molecule has 0 aliphatic carbocycles. The van der Waals surface area contributed by atoms with Gasteiger partial charge in [0.25, 0.3) is 0 Å². The minimum Gasteiger partial charge on any atom is -0.301 e. The van der Waals surface area contributed by atoms with E-state index in [1.807, 2.05) is 6.92 Å². The molecule has 0 radical (unpaired) electrons. The fourth-order valence-corrected chi connectivity index (χ4v) is 3.89. The second-order valence-electron chi connectivity index (χ2n) is 5.10. The summed E-state index contributed by atoms with van der Waals surface area (Å²) < 4.78 is 0.850. The lowest BCUT2D eigenvalue weighted by molar-refractivity contribution is -0.138. The fraction of sp³-hybridized carbons (Fsp3) is 0.643. The first-order valence-corrected chi connectivity index (χ1v) is 9.49. The van der Waals surface area contributed by atoms with Crippen LogP contribution in [0.2, 0.25) is 0 Å². The van der Waals surface area contributed by atoms with Crippen molar-refractivity contribution in [3.8, 4) is 0 Å². The Balaban J connectivity index is 1.59. The van der Waals surface area contributed by atoms with Gasteiger partial charge in [-0.3, -0.25) is 19.3 Å². The van der Waals surface area contributed by atoms with Crippen molar-refractivity contribution in [2.24, 2.45) is 0 Å². The molecular weight excluding hydrogens is 336 g/mol. The van der Waals surface area contributed by atoms with Crippen molar-refractivity contribution >= 4 is 46.0 Å². The highest BCUT2D eigenvalue weighted by Crippen LogP contribution is 2.25. The molecule has 1 N–H and O–H groups in total. The van der Waals surface area contributed by atoms with E-state index in [0.29, 0.717) is 30.9 Å². The number of hydrogen-bond donors (Lipinski definition) is 1. The smallest absolute Gasteiger partial charge is 0.229 e. The lowest BCUT2D eigenvalue weighted by Crippen LogP contribution is -2.29. The second kappa shape index (κ2) is 8.97. The number of imide groups is 1. The lowest BCUT2D eigenvalue weighted by Gasteiger charge is -2.12. The number of unbranched alkanes of at least 4 members (excludes halogenated alkanes) is 2. The Morgan fingerprint density at radius 2 is 1.96 bits per heavy atom. The summed E-state index contributed by atoms with van der Waals surface area (Å²) >= 11 is 2.97. The maximum atomic E-state index is 11.8. The van der Waals surface area contributed by atoms with E-state index in [-0.39, 0.29) is 17.7 Å². The summed E-state index contributed by atoms with van der Waals surface area (Å²) in [6, 6.07) is 0. The van der Waals surface area contributed by atoms with Crippen LogP contribution in [0.3, 0.4) is 0 Å². The van der Waals surface area contributed by atoms with Crippen molar-refractivity contribution in [1.29, 1.82) is 0 Å². The molecule has 3 amide bonds.